The third-order valence-electron chi connectivity index (χ3n) is 3.31. The van der Waals surface area contributed by atoms with Crippen LogP contribution in [-0.4, -0.2) is 28.4 Å². The van der Waals surface area contributed by atoms with Gasteiger partial charge in [-0.2, -0.15) is 0 Å². The highest BCUT2D eigenvalue weighted by Crippen LogP contribution is 2.38. The minimum atomic E-state index is 0.596. The molecule has 0 aliphatic carbocycles. The lowest BCUT2D eigenvalue weighted by Crippen LogP contribution is -2.02. The molecule has 0 heterocycles. The average molecular weight is 303 g/mol. The molecule has 0 unspecified atom stereocenters. The lowest BCUT2D eigenvalue weighted by Gasteiger charge is -2.15. The predicted octanol–water partition coefficient (Wildman–Crippen LogP) is 3.33. The highest BCUT2D eigenvalue weighted by Gasteiger charge is 2.12. The summed E-state index contributed by atoms with van der Waals surface area (Å²) in [6.07, 6.45) is 0. The van der Waals surface area contributed by atoms with Gasteiger partial charge >= 0.3 is 0 Å². The van der Waals surface area contributed by atoms with Crippen LogP contribution in [0, 0.1) is 0 Å². The maximum atomic E-state index is 5.35. The van der Waals surface area contributed by atoms with Crippen molar-refractivity contribution < 1.29 is 18.9 Å². The van der Waals surface area contributed by atoms with Gasteiger partial charge in [-0.05, 0) is 42.0 Å². The third-order valence-corrected chi connectivity index (χ3v) is 3.31. The smallest absolute Gasteiger partial charge is 0.203 e. The quantitative estimate of drug-likeness (QED) is 0.850. The van der Waals surface area contributed by atoms with E-state index in [0.717, 1.165) is 17.0 Å². The molecule has 0 radical (unpaired) electrons. The fourth-order valence-corrected chi connectivity index (χ4v) is 2.15. The van der Waals surface area contributed by atoms with Gasteiger partial charge in [-0.25, -0.2) is 0 Å². The Morgan fingerprint density at radius 3 is 1.82 bits per heavy atom. The van der Waals surface area contributed by atoms with Gasteiger partial charge in [-0.3, -0.25) is 0 Å². The minimum Gasteiger partial charge on any atom is -0.497 e. The lowest BCUT2D eigenvalue weighted by atomic mass is 10.1. The van der Waals surface area contributed by atoms with Crippen LogP contribution in [0.15, 0.2) is 36.4 Å². The summed E-state index contributed by atoms with van der Waals surface area (Å²) in [4.78, 5) is 0. The molecule has 0 aliphatic rings. The van der Waals surface area contributed by atoms with Gasteiger partial charge in [-0.1, -0.05) is 0 Å². The molecule has 0 saturated heterocycles. The lowest BCUT2D eigenvalue weighted by molar-refractivity contribution is 0.324. The van der Waals surface area contributed by atoms with Crippen LogP contribution < -0.4 is 24.3 Å². The van der Waals surface area contributed by atoms with Gasteiger partial charge in [0.1, 0.15) is 5.75 Å². The van der Waals surface area contributed by atoms with E-state index in [1.54, 1.807) is 28.4 Å². The van der Waals surface area contributed by atoms with Gasteiger partial charge in [0.25, 0.3) is 0 Å². The summed E-state index contributed by atoms with van der Waals surface area (Å²) >= 11 is 0. The molecular weight excluding hydrogens is 282 g/mol. The normalized spacial score (nSPS) is 10.0. The number of anilines is 1. The van der Waals surface area contributed by atoms with E-state index in [1.807, 2.05) is 36.4 Å². The number of hydrogen-bond donors (Lipinski definition) is 1. The van der Waals surface area contributed by atoms with Crippen molar-refractivity contribution in [2.24, 2.45) is 0 Å². The van der Waals surface area contributed by atoms with Crippen molar-refractivity contribution in [3.8, 4) is 23.0 Å². The first-order chi connectivity index (χ1) is 10.7. The fraction of sp³-hybridized carbons (Fsp3) is 0.294. The molecule has 0 bridgehead atoms. The highest BCUT2D eigenvalue weighted by molar-refractivity contribution is 5.55. The monoisotopic (exact) mass is 303 g/mol. The molecule has 1 N–H and O–H groups in total. The summed E-state index contributed by atoms with van der Waals surface area (Å²) in [5, 5.41) is 3.34. The molecule has 2 rings (SSSR count). The van der Waals surface area contributed by atoms with Gasteiger partial charge in [-0.15, -0.1) is 0 Å². The van der Waals surface area contributed by atoms with E-state index in [9.17, 15) is 0 Å². The van der Waals surface area contributed by atoms with E-state index in [1.165, 1.54) is 0 Å². The first kappa shape index (κ1) is 15.8. The second kappa shape index (κ2) is 7.45. The van der Waals surface area contributed by atoms with Gasteiger partial charge in [0.15, 0.2) is 11.5 Å². The van der Waals surface area contributed by atoms with Crippen molar-refractivity contribution in [3.05, 3.63) is 42.0 Å². The zero-order chi connectivity index (χ0) is 15.9. The first-order valence-electron chi connectivity index (χ1n) is 6.88. The largest absolute Gasteiger partial charge is 0.497 e. The zero-order valence-corrected chi connectivity index (χ0v) is 13.3. The second-order valence-electron chi connectivity index (χ2n) is 4.62. The minimum absolute atomic E-state index is 0.596. The Hall–Kier alpha value is -2.56. The van der Waals surface area contributed by atoms with E-state index in [2.05, 4.69) is 5.32 Å². The Balaban J connectivity index is 2.14. The van der Waals surface area contributed by atoms with Crippen LogP contribution in [0.2, 0.25) is 0 Å². The van der Waals surface area contributed by atoms with Crippen molar-refractivity contribution in [1.29, 1.82) is 0 Å². The number of benzene rings is 2. The molecule has 118 valence electrons. The number of hydrogen-bond acceptors (Lipinski definition) is 5. The van der Waals surface area contributed by atoms with Crippen LogP contribution in [0.1, 0.15) is 5.56 Å². The number of ether oxygens (including phenoxy) is 4. The van der Waals surface area contributed by atoms with E-state index >= 15 is 0 Å². The maximum absolute atomic E-state index is 5.35. The Morgan fingerprint density at radius 1 is 0.773 bits per heavy atom. The molecule has 0 saturated carbocycles. The molecule has 5 nitrogen and oxygen atoms in total. The summed E-state index contributed by atoms with van der Waals surface area (Å²) in [5.41, 5.74) is 2.04. The Kier molecular flexibility index (Phi) is 5.36. The first-order valence-corrected chi connectivity index (χ1v) is 6.88. The molecule has 0 atom stereocenters. The standard InChI is InChI=1S/C17H21NO4/c1-19-14-7-5-13(6-8-14)18-11-12-9-15(20-2)17(22-4)16(10-12)21-3/h5-10,18H,11H2,1-4H3. The molecule has 2 aromatic carbocycles. The molecule has 0 aromatic heterocycles. The Labute approximate surface area is 130 Å². The summed E-state index contributed by atoms with van der Waals surface area (Å²) in [6.45, 7) is 0.642. The summed E-state index contributed by atoms with van der Waals surface area (Å²) in [5.74, 6) is 2.72. The maximum Gasteiger partial charge on any atom is 0.203 e. The number of methoxy groups -OCH3 is 4. The second-order valence-corrected chi connectivity index (χ2v) is 4.62. The van der Waals surface area contributed by atoms with Crippen molar-refractivity contribution in [2.45, 2.75) is 6.54 Å². The van der Waals surface area contributed by atoms with E-state index in [4.69, 9.17) is 18.9 Å². The van der Waals surface area contributed by atoms with Gasteiger partial charge in [0.2, 0.25) is 5.75 Å². The van der Waals surface area contributed by atoms with Crippen LogP contribution in [0.4, 0.5) is 5.69 Å². The molecule has 0 spiro atoms. The summed E-state index contributed by atoms with van der Waals surface area (Å²) < 4.78 is 21.2. The fourth-order valence-electron chi connectivity index (χ4n) is 2.15. The van der Waals surface area contributed by atoms with Gasteiger partial charge < -0.3 is 24.3 Å². The van der Waals surface area contributed by atoms with Crippen molar-refractivity contribution >= 4 is 5.69 Å². The van der Waals surface area contributed by atoms with Crippen molar-refractivity contribution in [1.82, 2.24) is 0 Å². The van der Waals surface area contributed by atoms with Gasteiger partial charge in [0.05, 0.1) is 28.4 Å². The average Bonchev–Trinajstić information content (AvgIpc) is 2.59. The highest BCUT2D eigenvalue weighted by atomic mass is 16.5. The van der Waals surface area contributed by atoms with Crippen LogP contribution in [0.5, 0.6) is 23.0 Å². The van der Waals surface area contributed by atoms with Crippen molar-refractivity contribution in [2.75, 3.05) is 33.8 Å². The number of rotatable bonds is 7. The van der Waals surface area contributed by atoms with Crippen LogP contribution in [-0.2, 0) is 6.54 Å². The molecule has 0 amide bonds. The third kappa shape index (κ3) is 3.55. The molecule has 22 heavy (non-hydrogen) atoms. The Morgan fingerprint density at radius 2 is 1.36 bits per heavy atom. The molecule has 2 aromatic rings. The summed E-state index contributed by atoms with van der Waals surface area (Å²) in [7, 11) is 6.46. The SMILES string of the molecule is COc1ccc(NCc2cc(OC)c(OC)c(OC)c2)cc1. The van der Waals surface area contributed by atoms with Gasteiger partial charge in [0, 0.05) is 12.2 Å². The summed E-state index contributed by atoms with van der Waals surface area (Å²) in [6, 6.07) is 11.6. The van der Waals surface area contributed by atoms with E-state index < -0.39 is 0 Å². The van der Waals surface area contributed by atoms with E-state index in [-0.39, 0.29) is 0 Å². The number of nitrogens with one attached hydrogen (secondary N) is 1. The molecular formula is C17H21NO4. The molecule has 5 heteroatoms. The van der Waals surface area contributed by atoms with Crippen LogP contribution >= 0.6 is 0 Å². The van der Waals surface area contributed by atoms with Crippen molar-refractivity contribution in [3.63, 3.8) is 0 Å². The van der Waals surface area contributed by atoms with E-state index in [0.29, 0.717) is 23.8 Å². The molecule has 0 aliphatic heterocycles. The van der Waals surface area contributed by atoms with Crippen LogP contribution in [0.3, 0.4) is 0 Å². The molecule has 0 fully saturated rings. The Bertz CT molecular complexity index is 586. The topological polar surface area (TPSA) is 49.0 Å². The zero-order valence-electron chi connectivity index (χ0n) is 13.3. The predicted molar refractivity (Wildman–Crippen MR) is 86.4 cm³/mol. The van der Waals surface area contributed by atoms with Crippen LogP contribution in [0.25, 0.3) is 0 Å².